The maximum Gasteiger partial charge on any atom is 0.161 e. The molecule has 19 heavy (non-hydrogen) atoms. The molecule has 0 spiro atoms. The smallest absolute Gasteiger partial charge is 0.161 e. The minimum Gasteiger partial charge on any atom is -0.493 e. The minimum atomic E-state index is -0.266. The molecule has 0 unspecified atom stereocenters. The number of ether oxygens (including phenoxy) is 2. The predicted octanol–water partition coefficient (Wildman–Crippen LogP) is 4.02. The number of nitrogens with zero attached hydrogens (tertiary/aromatic N) is 1. The van der Waals surface area contributed by atoms with Gasteiger partial charge >= 0.3 is 0 Å². The molecule has 1 aliphatic carbocycles. The van der Waals surface area contributed by atoms with Gasteiger partial charge in [0.15, 0.2) is 11.5 Å². The summed E-state index contributed by atoms with van der Waals surface area (Å²) in [6, 6.07) is 8.38. The Balaban J connectivity index is 2.20. The van der Waals surface area contributed by atoms with E-state index in [1.165, 1.54) is 6.42 Å². The topological polar surface area (TPSA) is 42.2 Å². The lowest BCUT2D eigenvalue weighted by Crippen LogP contribution is -2.25. The molecular formula is C15H19NO2S. The van der Waals surface area contributed by atoms with Crippen LogP contribution in [0.2, 0.25) is 0 Å². The van der Waals surface area contributed by atoms with Crippen LogP contribution < -0.4 is 9.47 Å². The fourth-order valence-electron chi connectivity index (χ4n) is 2.47. The number of thioether (sulfide) groups is 1. The Labute approximate surface area is 118 Å². The van der Waals surface area contributed by atoms with Gasteiger partial charge in [0.2, 0.25) is 0 Å². The first kappa shape index (κ1) is 14.1. The molecule has 0 N–H and O–H groups in total. The number of nitriles is 1. The van der Waals surface area contributed by atoms with Crippen molar-refractivity contribution in [2.75, 3.05) is 14.2 Å². The molecule has 2 rings (SSSR count). The molecule has 0 bridgehead atoms. The summed E-state index contributed by atoms with van der Waals surface area (Å²) in [5.74, 6) is 1.44. The molecule has 0 heterocycles. The largest absolute Gasteiger partial charge is 0.493 e. The van der Waals surface area contributed by atoms with Crippen molar-refractivity contribution in [1.82, 2.24) is 0 Å². The average Bonchev–Trinajstić information content (AvgIpc) is 2.48. The van der Waals surface area contributed by atoms with Crippen LogP contribution in [0, 0.1) is 11.3 Å². The SMILES string of the molecule is COc1ccc(SC2(C#N)CCCCC2)cc1OC. The van der Waals surface area contributed by atoms with Crippen molar-refractivity contribution >= 4 is 11.8 Å². The molecule has 4 heteroatoms. The van der Waals surface area contributed by atoms with Gasteiger partial charge in [0.1, 0.15) is 4.75 Å². The van der Waals surface area contributed by atoms with Gasteiger partial charge in [0.25, 0.3) is 0 Å². The predicted molar refractivity (Wildman–Crippen MR) is 76.8 cm³/mol. The van der Waals surface area contributed by atoms with Gasteiger partial charge in [-0.15, -0.1) is 11.8 Å². The summed E-state index contributed by atoms with van der Waals surface area (Å²) in [5, 5.41) is 9.50. The van der Waals surface area contributed by atoms with Gasteiger partial charge in [-0.05, 0) is 31.0 Å². The van der Waals surface area contributed by atoms with E-state index in [1.54, 1.807) is 26.0 Å². The zero-order valence-corrected chi connectivity index (χ0v) is 12.3. The summed E-state index contributed by atoms with van der Waals surface area (Å²) >= 11 is 1.66. The summed E-state index contributed by atoms with van der Waals surface area (Å²) in [6.07, 6.45) is 5.49. The van der Waals surface area contributed by atoms with Crippen LogP contribution in [0.4, 0.5) is 0 Å². The third-order valence-corrected chi connectivity index (χ3v) is 4.91. The summed E-state index contributed by atoms with van der Waals surface area (Å²) in [4.78, 5) is 1.07. The average molecular weight is 277 g/mol. The van der Waals surface area contributed by atoms with Crippen LogP contribution in [0.1, 0.15) is 32.1 Å². The monoisotopic (exact) mass is 277 g/mol. The Morgan fingerprint density at radius 2 is 1.79 bits per heavy atom. The van der Waals surface area contributed by atoms with E-state index in [4.69, 9.17) is 9.47 Å². The van der Waals surface area contributed by atoms with Gasteiger partial charge in [-0.25, -0.2) is 0 Å². The van der Waals surface area contributed by atoms with E-state index in [1.807, 2.05) is 18.2 Å². The van der Waals surface area contributed by atoms with E-state index >= 15 is 0 Å². The molecular weight excluding hydrogens is 258 g/mol. The van der Waals surface area contributed by atoms with Crippen LogP contribution in [-0.4, -0.2) is 19.0 Å². The summed E-state index contributed by atoms with van der Waals surface area (Å²) in [7, 11) is 3.26. The number of methoxy groups -OCH3 is 2. The van der Waals surface area contributed by atoms with Gasteiger partial charge < -0.3 is 9.47 Å². The van der Waals surface area contributed by atoms with Crippen LogP contribution >= 0.6 is 11.8 Å². The molecule has 0 aromatic heterocycles. The molecule has 1 saturated carbocycles. The van der Waals surface area contributed by atoms with Crippen molar-refractivity contribution in [2.24, 2.45) is 0 Å². The van der Waals surface area contributed by atoms with E-state index in [0.29, 0.717) is 0 Å². The zero-order valence-electron chi connectivity index (χ0n) is 11.4. The zero-order chi connectivity index (χ0) is 13.7. The van der Waals surface area contributed by atoms with Crippen LogP contribution in [0.5, 0.6) is 11.5 Å². The number of rotatable bonds is 4. The molecule has 0 saturated heterocycles. The first-order valence-corrected chi connectivity index (χ1v) is 7.37. The number of hydrogen-bond donors (Lipinski definition) is 0. The first-order chi connectivity index (χ1) is 9.23. The lowest BCUT2D eigenvalue weighted by molar-refractivity contribution is 0.354. The standard InChI is InChI=1S/C15H19NO2S/c1-17-13-7-6-12(10-14(13)18-2)19-15(11-16)8-4-3-5-9-15/h6-7,10H,3-5,8-9H2,1-2H3. The highest BCUT2D eigenvalue weighted by atomic mass is 32.2. The molecule has 102 valence electrons. The van der Waals surface area contributed by atoms with Crippen LogP contribution in [0.25, 0.3) is 0 Å². The van der Waals surface area contributed by atoms with Crippen molar-refractivity contribution < 1.29 is 9.47 Å². The van der Waals surface area contributed by atoms with Crippen molar-refractivity contribution in [1.29, 1.82) is 5.26 Å². The molecule has 0 aliphatic heterocycles. The quantitative estimate of drug-likeness (QED) is 0.833. The third-order valence-electron chi connectivity index (χ3n) is 3.53. The second-order valence-corrected chi connectivity index (χ2v) is 6.24. The van der Waals surface area contributed by atoms with Crippen LogP contribution in [0.15, 0.2) is 23.1 Å². The molecule has 0 amide bonds. The van der Waals surface area contributed by atoms with Crippen molar-refractivity contribution in [2.45, 2.75) is 41.7 Å². The second kappa shape index (κ2) is 6.21. The van der Waals surface area contributed by atoms with E-state index in [2.05, 4.69) is 6.07 Å². The van der Waals surface area contributed by atoms with Crippen molar-refractivity contribution in [3.05, 3.63) is 18.2 Å². The molecule has 1 aliphatic rings. The van der Waals surface area contributed by atoms with E-state index < -0.39 is 0 Å². The van der Waals surface area contributed by atoms with E-state index in [9.17, 15) is 5.26 Å². The lowest BCUT2D eigenvalue weighted by atomic mass is 9.89. The van der Waals surface area contributed by atoms with E-state index in [-0.39, 0.29) is 4.75 Å². The molecule has 1 fully saturated rings. The first-order valence-electron chi connectivity index (χ1n) is 6.55. The third kappa shape index (κ3) is 3.16. The summed E-state index contributed by atoms with van der Waals surface area (Å²) in [5.41, 5.74) is 0. The van der Waals surface area contributed by atoms with Crippen LogP contribution in [-0.2, 0) is 0 Å². The molecule has 3 nitrogen and oxygen atoms in total. The Kier molecular flexibility index (Phi) is 4.60. The molecule has 0 atom stereocenters. The fraction of sp³-hybridized carbons (Fsp3) is 0.533. The van der Waals surface area contributed by atoms with Crippen molar-refractivity contribution in [3.63, 3.8) is 0 Å². The summed E-state index contributed by atoms with van der Waals surface area (Å²) < 4.78 is 10.3. The Morgan fingerprint density at radius 3 is 2.37 bits per heavy atom. The second-order valence-electron chi connectivity index (χ2n) is 4.79. The molecule has 0 radical (unpaired) electrons. The van der Waals surface area contributed by atoms with Crippen LogP contribution in [0.3, 0.4) is 0 Å². The van der Waals surface area contributed by atoms with Crippen molar-refractivity contribution in [3.8, 4) is 17.6 Å². The maximum absolute atomic E-state index is 9.50. The highest BCUT2D eigenvalue weighted by molar-refractivity contribution is 8.01. The molecule has 1 aromatic rings. The van der Waals surface area contributed by atoms with Gasteiger partial charge in [0, 0.05) is 4.90 Å². The Hall–Kier alpha value is -1.34. The number of benzene rings is 1. The van der Waals surface area contributed by atoms with E-state index in [0.717, 1.165) is 42.1 Å². The highest BCUT2D eigenvalue weighted by Gasteiger charge is 2.33. The molecule has 1 aromatic carbocycles. The normalized spacial score (nSPS) is 17.5. The van der Waals surface area contributed by atoms with Gasteiger partial charge in [-0.1, -0.05) is 19.3 Å². The highest BCUT2D eigenvalue weighted by Crippen LogP contribution is 2.45. The Morgan fingerprint density at radius 1 is 1.11 bits per heavy atom. The van der Waals surface area contributed by atoms with Gasteiger partial charge in [-0.3, -0.25) is 0 Å². The lowest BCUT2D eigenvalue weighted by Gasteiger charge is -2.30. The number of hydrogen-bond acceptors (Lipinski definition) is 4. The Bertz CT molecular complexity index is 476. The van der Waals surface area contributed by atoms with Gasteiger partial charge in [-0.2, -0.15) is 5.26 Å². The van der Waals surface area contributed by atoms with Gasteiger partial charge in [0.05, 0.1) is 20.3 Å². The summed E-state index contributed by atoms with van der Waals surface area (Å²) in [6.45, 7) is 0. The fourth-order valence-corrected chi connectivity index (χ4v) is 3.76. The minimum absolute atomic E-state index is 0.266. The maximum atomic E-state index is 9.50.